The Kier molecular flexibility index (Phi) is 6.50. The second-order valence-corrected chi connectivity index (χ2v) is 6.86. The summed E-state index contributed by atoms with van der Waals surface area (Å²) in [4.78, 5) is 3.95. The van der Waals surface area contributed by atoms with E-state index in [1.807, 2.05) is 0 Å². The molecule has 2 aromatic rings. The first-order valence-corrected chi connectivity index (χ1v) is 9.40. The van der Waals surface area contributed by atoms with Crippen molar-refractivity contribution in [2.45, 2.75) is 20.0 Å². The van der Waals surface area contributed by atoms with Gasteiger partial charge in [-0.1, -0.05) is 23.7 Å². The molecule has 0 bridgehead atoms. The fourth-order valence-corrected chi connectivity index (χ4v) is 3.37. The van der Waals surface area contributed by atoms with Crippen molar-refractivity contribution in [1.82, 2.24) is 9.78 Å². The summed E-state index contributed by atoms with van der Waals surface area (Å²) >= 11 is 6.06. The number of alkyl halides is 3. The number of hydrogen-bond acceptors (Lipinski definition) is 4. The third-order valence-corrected chi connectivity index (χ3v) is 4.69. The van der Waals surface area contributed by atoms with Crippen molar-refractivity contribution in [2.24, 2.45) is 4.99 Å². The minimum Gasteiger partial charge on any atom is -0.469 e. The van der Waals surface area contributed by atoms with E-state index in [1.165, 1.54) is 25.1 Å². The molecule has 1 aromatic heterocycles. The number of halogens is 6. The second-order valence-electron chi connectivity index (χ2n) is 6.45. The summed E-state index contributed by atoms with van der Waals surface area (Å²) in [6, 6.07) is 5.50. The highest BCUT2D eigenvalue weighted by Crippen LogP contribution is 2.39. The van der Waals surface area contributed by atoms with Crippen LogP contribution in [0.2, 0.25) is 5.02 Å². The molecule has 3 rings (SSSR count). The van der Waals surface area contributed by atoms with Gasteiger partial charge in [0.15, 0.2) is 18.2 Å². The molecule has 166 valence electrons. The summed E-state index contributed by atoms with van der Waals surface area (Å²) in [5.41, 5.74) is -3.01. The van der Waals surface area contributed by atoms with Crippen LogP contribution in [-0.2, 0) is 10.9 Å². The van der Waals surface area contributed by atoms with Crippen LogP contribution in [0.5, 0.6) is 0 Å². The molecule has 5 nitrogen and oxygen atoms in total. The maximum absolute atomic E-state index is 14.4. The van der Waals surface area contributed by atoms with Crippen molar-refractivity contribution in [3.05, 3.63) is 75.6 Å². The van der Waals surface area contributed by atoms with Crippen LogP contribution in [0.1, 0.15) is 30.7 Å². The van der Waals surface area contributed by atoms with Gasteiger partial charge in [0.2, 0.25) is 0 Å². The van der Waals surface area contributed by atoms with Gasteiger partial charge in [-0.2, -0.15) is 23.5 Å². The first kappa shape index (κ1) is 23.2. The van der Waals surface area contributed by atoms with Crippen molar-refractivity contribution >= 4 is 28.8 Å². The Hall–Kier alpha value is -3.45. The van der Waals surface area contributed by atoms with E-state index in [0.717, 1.165) is 25.3 Å². The molecule has 0 unspecified atom stereocenters. The van der Waals surface area contributed by atoms with Gasteiger partial charge in [-0.05, 0) is 32.1 Å². The van der Waals surface area contributed by atoms with E-state index < -0.39 is 47.1 Å². The largest absolute Gasteiger partial charge is 0.469 e. The lowest BCUT2D eigenvalue weighted by Gasteiger charge is -2.20. The van der Waals surface area contributed by atoms with Gasteiger partial charge in [0.25, 0.3) is 0 Å². The standard InChI is InChI=1S/C21H14ClF5N4O/c1-3-12(7-11(2)23)31-20(21(25,26)27)14(9-30-31)19-13(8-28)18(29-10-32-19)17-15(22)5-4-6-16(17)24/h3-7,9H,10H2,1-2H3/b11-7+,12-3+. The lowest BCUT2D eigenvalue weighted by Crippen LogP contribution is -2.20. The minimum atomic E-state index is -4.96. The molecule has 0 atom stereocenters. The third kappa shape index (κ3) is 4.29. The molecule has 0 radical (unpaired) electrons. The summed E-state index contributed by atoms with van der Waals surface area (Å²) in [5.74, 6) is -2.04. The SMILES string of the molecule is C/C=C(\C=C(/C)F)n1ncc(C2=C(C#N)C(c3c(F)cccc3Cl)=NCO2)c1C(F)(F)F. The Morgan fingerprint density at radius 2 is 2.06 bits per heavy atom. The first-order valence-electron chi connectivity index (χ1n) is 9.02. The first-order chi connectivity index (χ1) is 15.1. The normalized spacial score (nSPS) is 15.4. The maximum atomic E-state index is 14.4. The van der Waals surface area contributed by atoms with Gasteiger partial charge in [-0.3, -0.25) is 0 Å². The number of hydrogen-bond donors (Lipinski definition) is 0. The van der Waals surface area contributed by atoms with Crippen LogP contribution in [-0.4, -0.2) is 22.2 Å². The monoisotopic (exact) mass is 468 g/mol. The Balaban J connectivity index is 2.30. The summed E-state index contributed by atoms with van der Waals surface area (Å²) < 4.78 is 75.7. The number of rotatable bonds is 4. The van der Waals surface area contributed by atoms with Crippen molar-refractivity contribution in [3.63, 3.8) is 0 Å². The van der Waals surface area contributed by atoms with Crippen LogP contribution in [0.4, 0.5) is 22.0 Å². The van der Waals surface area contributed by atoms with Gasteiger partial charge in [-0.25, -0.2) is 18.5 Å². The van der Waals surface area contributed by atoms with Crippen molar-refractivity contribution in [3.8, 4) is 6.07 Å². The van der Waals surface area contributed by atoms with Crippen LogP contribution < -0.4 is 0 Å². The minimum absolute atomic E-state index is 0.0794. The molecule has 11 heteroatoms. The summed E-state index contributed by atoms with van der Waals surface area (Å²) in [6.45, 7) is 2.00. The molecule has 0 spiro atoms. The van der Waals surface area contributed by atoms with Gasteiger partial charge in [0.1, 0.15) is 17.5 Å². The fraction of sp³-hybridized carbons (Fsp3) is 0.190. The van der Waals surface area contributed by atoms with Gasteiger partial charge in [-0.15, -0.1) is 0 Å². The average Bonchev–Trinajstić information content (AvgIpc) is 3.17. The smallest absolute Gasteiger partial charge is 0.434 e. The van der Waals surface area contributed by atoms with E-state index in [2.05, 4.69) is 10.1 Å². The van der Waals surface area contributed by atoms with Crippen molar-refractivity contribution < 1.29 is 26.7 Å². The molecule has 0 saturated heterocycles. The molecule has 32 heavy (non-hydrogen) atoms. The lowest BCUT2D eigenvalue weighted by molar-refractivity contribution is -0.143. The summed E-state index contributed by atoms with van der Waals surface area (Å²) in [5, 5.41) is 13.4. The van der Waals surface area contributed by atoms with Crippen LogP contribution >= 0.6 is 11.6 Å². The molecular weight excluding hydrogens is 455 g/mol. The van der Waals surface area contributed by atoms with Crippen LogP contribution in [0.3, 0.4) is 0 Å². The zero-order chi connectivity index (χ0) is 23.6. The lowest BCUT2D eigenvalue weighted by atomic mass is 9.98. The van der Waals surface area contributed by atoms with Gasteiger partial charge in [0.05, 0.1) is 39.6 Å². The predicted molar refractivity (Wildman–Crippen MR) is 108 cm³/mol. The topological polar surface area (TPSA) is 63.2 Å². The molecule has 0 fully saturated rings. The summed E-state index contributed by atoms with van der Waals surface area (Å²) in [7, 11) is 0. The molecule has 0 N–H and O–H groups in total. The predicted octanol–water partition coefficient (Wildman–Crippen LogP) is 6.14. The summed E-state index contributed by atoms with van der Waals surface area (Å²) in [6.07, 6.45) is -2.01. The van der Waals surface area contributed by atoms with Gasteiger partial charge in [0, 0.05) is 0 Å². The zero-order valence-corrected chi connectivity index (χ0v) is 17.4. The third-order valence-electron chi connectivity index (χ3n) is 4.38. The van der Waals surface area contributed by atoms with E-state index in [4.69, 9.17) is 16.3 Å². The van der Waals surface area contributed by atoms with Crippen LogP contribution in [0, 0.1) is 17.1 Å². The molecule has 0 aliphatic carbocycles. The van der Waals surface area contributed by atoms with E-state index >= 15 is 0 Å². The number of ether oxygens (including phenoxy) is 1. The van der Waals surface area contributed by atoms with Gasteiger partial charge < -0.3 is 4.74 Å². The molecule has 0 saturated carbocycles. The Bertz CT molecular complexity index is 1210. The molecule has 1 aromatic carbocycles. The molecule has 0 amide bonds. The second kappa shape index (κ2) is 8.96. The van der Waals surface area contributed by atoms with Crippen LogP contribution in [0.25, 0.3) is 11.5 Å². The number of allylic oxidation sites excluding steroid dienone is 5. The quantitative estimate of drug-likeness (QED) is 0.400. The molecule has 1 aliphatic heterocycles. The van der Waals surface area contributed by atoms with Crippen LogP contribution in [0.15, 0.2) is 52.9 Å². The van der Waals surface area contributed by atoms with E-state index in [-0.39, 0.29) is 22.0 Å². The van der Waals surface area contributed by atoms with Crippen molar-refractivity contribution in [1.29, 1.82) is 5.26 Å². The zero-order valence-electron chi connectivity index (χ0n) is 16.6. The van der Waals surface area contributed by atoms with E-state index in [9.17, 15) is 27.2 Å². The molecule has 2 heterocycles. The molecular formula is C21H14ClF5N4O. The van der Waals surface area contributed by atoms with Gasteiger partial charge >= 0.3 is 6.18 Å². The highest BCUT2D eigenvalue weighted by Gasteiger charge is 2.41. The number of benzene rings is 1. The number of aliphatic imine (C=N–C) groups is 1. The number of nitrogens with zero attached hydrogens (tertiary/aromatic N) is 4. The fourth-order valence-electron chi connectivity index (χ4n) is 3.12. The molecule has 1 aliphatic rings. The van der Waals surface area contributed by atoms with Crippen molar-refractivity contribution in [2.75, 3.05) is 6.73 Å². The highest BCUT2D eigenvalue weighted by atomic mass is 35.5. The van der Waals surface area contributed by atoms with E-state index in [1.54, 1.807) is 6.07 Å². The Morgan fingerprint density at radius 1 is 1.34 bits per heavy atom. The number of aromatic nitrogens is 2. The highest BCUT2D eigenvalue weighted by molar-refractivity contribution is 6.36. The van der Waals surface area contributed by atoms with E-state index in [0.29, 0.717) is 4.68 Å². The maximum Gasteiger partial charge on any atom is 0.434 e. The number of nitriles is 1. The Morgan fingerprint density at radius 3 is 2.62 bits per heavy atom. The Labute approximate surface area is 184 Å². The average molecular weight is 469 g/mol.